The monoisotopic (exact) mass is 256 g/mol. The number of likely N-dealkylation sites (tertiary alicyclic amines) is 1. The molecule has 0 unspecified atom stereocenters. The van der Waals surface area contributed by atoms with E-state index in [-0.39, 0.29) is 0 Å². The molecular formula is C15H20N4. The minimum absolute atomic E-state index is 0.488. The fraction of sp³-hybridized carbons (Fsp3) is 0.467. The Morgan fingerprint density at radius 1 is 1.32 bits per heavy atom. The van der Waals surface area contributed by atoms with Crippen molar-refractivity contribution in [1.82, 2.24) is 19.7 Å². The van der Waals surface area contributed by atoms with Crippen LogP contribution in [0.25, 0.3) is 5.69 Å². The highest BCUT2D eigenvalue weighted by Crippen LogP contribution is 2.26. The first kappa shape index (κ1) is 12.4. The van der Waals surface area contributed by atoms with Gasteiger partial charge in [-0.1, -0.05) is 12.1 Å². The molecule has 4 nitrogen and oxygen atoms in total. The Hall–Kier alpha value is -1.68. The molecule has 1 atom stereocenters. The summed E-state index contributed by atoms with van der Waals surface area (Å²) in [4.78, 5) is 2.38. The minimum Gasteiger partial charge on any atom is -0.306 e. The largest absolute Gasteiger partial charge is 0.306 e. The number of aromatic nitrogens is 3. The van der Waals surface area contributed by atoms with Crippen molar-refractivity contribution in [3.63, 3.8) is 0 Å². The number of likely N-dealkylation sites (N-methyl/N-ethyl adjacent to an activating group) is 1. The third kappa shape index (κ3) is 2.54. The average molecular weight is 256 g/mol. The summed E-state index contributed by atoms with van der Waals surface area (Å²) in [5.74, 6) is 1.58. The lowest BCUT2D eigenvalue weighted by Crippen LogP contribution is -2.32. The number of hydrogen-bond acceptors (Lipinski definition) is 3. The van der Waals surface area contributed by atoms with Gasteiger partial charge >= 0.3 is 0 Å². The standard InChI is InChI=1S/C15H20N4/c1-12-5-3-7-14(9-12)19-11-16-17-15(19)13-6-4-8-18(2)10-13/h3,5,7,9,11,13H,4,6,8,10H2,1-2H3/t13-/m0/s1. The van der Waals surface area contributed by atoms with Crippen molar-refractivity contribution in [1.29, 1.82) is 0 Å². The maximum atomic E-state index is 4.37. The molecule has 0 bridgehead atoms. The molecule has 1 aliphatic rings. The Kier molecular flexibility index (Phi) is 3.34. The fourth-order valence-electron chi connectivity index (χ4n) is 2.88. The normalized spacial score (nSPS) is 20.6. The Morgan fingerprint density at radius 2 is 2.21 bits per heavy atom. The number of hydrogen-bond donors (Lipinski definition) is 0. The van der Waals surface area contributed by atoms with E-state index in [2.05, 4.69) is 57.9 Å². The Bertz CT molecular complexity index is 561. The fourth-order valence-corrected chi connectivity index (χ4v) is 2.88. The van der Waals surface area contributed by atoms with Crippen LogP contribution in [0.5, 0.6) is 0 Å². The van der Waals surface area contributed by atoms with Crippen molar-refractivity contribution >= 4 is 0 Å². The zero-order chi connectivity index (χ0) is 13.2. The van der Waals surface area contributed by atoms with Crippen LogP contribution in [0.1, 0.15) is 30.1 Å². The molecule has 1 aromatic carbocycles. The summed E-state index contributed by atoms with van der Waals surface area (Å²) in [6.45, 7) is 4.38. The quantitative estimate of drug-likeness (QED) is 0.827. The van der Waals surface area contributed by atoms with Crippen molar-refractivity contribution in [2.75, 3.05) is 20.1 Å². The van der Waals surface area contributed by atoms with Crippen molar-refractivity contribution in [3.8, 4) is 5.69 Å². The van der Waals surface area contributed by atoms with Crippen molar-refractivity contribution in [2.45, 2.75) is 25.7 Å². The van der Waals surface area contributed by atoms with E-state index in [0.717, 1.165) is 18.1 Å². The molecule has 1 fully saturated rings. The third-order valence-corrected chi connectivity index (χ3v) is 3.84. The van der Waals surface area contributed by atoms with Gasteiger partial charge in [0.15, 0.2) is 0 Å². The molecule has 100 valence electrons. The predicted octanol–water partition coefficient (Wildman–Crippen LogP) is 2.38. The summed E-state index contributed by atoms with van der Waals surface area (Å²) >= 11 is 0. The van der Waals surface area contributed by atoms with Crippen molar-refractivity contribution in [3.05, 3.63) is 42.0 Å². The van der Waals surface area contributed by atoms with E-state index in [1.807, 2.05) is 6.33 Å². The Labute approximate surface area is 114 Å². The van der Waals surface area contributed by atoms with Gasteiger partial charge in [0.25, 0.3) is 0 Å². The Balaban J connectivity index is 1.94. The molecule has 0 aliphatic carbocycles. The number of rotatable bonds is 2. The molecule has 0 radical (unpaired) electrons. The highest BCUT2D eigenvalue weighted by molar-refractivity contribution is 5.36. The van der Waals surface area contributed by atoms with Gasteiger partial charge in [0.2, 0.25) is 0 Å². The molecule has 2 heterocycles. The van der Waals surface area contributed by atoms with Crippen molar-refractivity contribution < 1.29 is 0 Å². The lowest BCUT2D eigenvalue weighted by Gasteiger charge is -2.29. The second-order valence-electron chi connectivity index (χ2n) is 5.50. The first-order valence-electron chi connectivity index (χ1n) is 6.89. The second-order valence-corrected chi connectivity index (χ2v) is 5.50. The zero-order valence-electron chi connectivity index (χ0n) is 11.6. The molecule has 0 amide bonds. The van der Waals surface area contributed by atoms with E-state index in [9.17, 15) is 0 Å². The SMILES string of the molecule is Cc1cccc(-n2cnnc2[C@H]2CCCN(C)C2)c1. The lowest BCUT2D eigenvalue weighted by atomic mass is 9.97. The predicted molar refractivity (Wildman–Crippen MR) is 75.6 cm³/mol. The molecule has 0 spiro atoms. The number of nitrogens with zero attached hydrogens (tertiary/aromatic N) is 4. The number of aryl methyl sites for hydroxylation is 1. The highest BCUT2D eigenvalue weighted by atomic mass is 15.3. The molecule has 0 N–H and O–H groups in total. The molecule has 2 aromatic rings. The summed E-state index contributed by atoms with van der Waals surface area (Å²) in [5.41, 5.74) is 2.42. The van der Waals surface area contributed by atoms with Gasteiger partial charge in [0, 0.05) is 18.2 Å². The van der Waals surface area contributed by atoms with Gasteiger partial charge in [0.1, 0.15) is 12.2 Å². The smallest absolute Gasteiger partial charge is 0.141 e. The summed E-state index contributed by atoms with van der Waals surface area (Å²) in [6, 6.07) is 8.50. The van der Waals surface area contributed by atoms with E-state index in [4.69, 9.17) is 0 Å². The number of benzene rings is 1. The highest BCUT2D eigenvalue weighted by Gasteiger charge is 2.23. The second kappa shape index (κ2) is 5.13. The summed E-state index contributed by atoms with van der Waals surface area (Å²) in [5, 5.41) is 8.49. The molecule has 1 aliphatic heterocycles. The van der Waals surface area contributed by atoms with E-state index in [0.29, 0.717) is 5.92 Å². The topological polar surface area (TPSA) is 34.0 Å². The number of piperidine rings is 1. The van der Waals surface area contributed by atoms with Crippen molar-refractivity contribution in [2.24, 2.45) is 0 Å². The van der Waals surface area contributed by atoms with Gasteiger partial charge in [-0.25, -0.2) is 0 Å². The minimum atomic E-state index is 0.488. The molecular weight excluding hydrogens is 236 g/mol. The van der Waals surface area contributed by atoms with Crippen LogP contribution in [0.4, 0.5) is 0 Å². The van der Waals surface area contributed by atoms with E-state index in [1.165, 1.54) is 24.9 Å². The van der Waals surface area contributed by atoms with Crippen LogP contribution in [0.3, 0.4) is 0 Å². The molecule has 1 aromatic heterocycles. The van der Waals surface area contributed by atoms with Gasteiger partial charge in [-0.15, -0.1) is 10.2 Å². The maximum Gasteiger partial charge on any atom is 0.141 e. The van der Waals surface area contributed by atoms with Gasteiger partial charge in [-0.2, -0.15) is 0 Å². The van der Waals surface area contributed by atoms with E-state index < -0.39 is 0 Å². The molecule has 0 saturated carbocycles. The summed E-state index contributed by atoms with van der Waals surface area (Å²) < 4.78 is 2.14. The molecule has 1 saturated heterocycles. The zero-order valence-corrected chi connectivity index (χ0v) is 11.6. The Morgan fingerprint density at radius 3 is 3.00 bits per heavy atom. The van der Waals surface area contributed by atoms with Crippen LogP contribution in [-0.4, -0.2) is 39.8 Å². The molecule has 19 heavy (non-hydrogen) atoms. The van der Waals surface area contributed by atoms with Gasteiger partial charge in [0.05, 0.1) is 0 Å². The van der Waals surface area contributed by atoms with Crippen LogP contribution < -0.4 is 0 Å². The van der Waals surface area contributed by atoms with Crippen LogP contribution in [0.15, 0.2) is 30.6 Å². The average Bonchev–Trinajstić information content (AvgIpc) is 2.88. The first-order valence-corrected chi connectivity index (χ1v) is 6.89. The van der Waals surface area contributed by atoms with Gasteiger partial charge < -0.3 is 4.90 Å². The maximum absolute atomic E-state index is 4.37. The molecule has 4 heteroatoms. The van der Waals surface area contributed by atoms with Gasteiger partial charge in [-0.3, -0.25) is 4.57 Å². The third-order valence-electron chi connectivity index (χ3n) is 3.84. The van der Waals surface area contributed by atoms with E-state index in [1.54, 1.807) is 0 Å². The van der Waals surface area contributed by atoms with Crippen LogP contribution >= 0.6 is 0 Å². The summed E-state index contributed by atoms with van der Waals surface area (Å²) in [7, 11) is 2.18. The van der Waals surface area contributed by atoms with Crippen LogP contribution in [-0.2, 0) is 0 Å². The molecule has 3 rings (SSSR count). The lowest BCUT2D eigenvalue weighted by molar-refractivity contribution is 0.244. The van der Waals surface area contributed by atoms with Gasteiger partial charge in [-0.05, 0) is 51.1 Å². The first-order chi connectivity index (χ1) is 9.24. The summed E-state index contributed by atoms with van der Waals surface area (Å²) in [6.07, 6.45) is 4.27. The van der Waals surface area contributed by atoms with E-state index >= 15 is 0 Å². The van der Waals surface area contributed by atoms with Crippen LogP contribution in [0.2, 0.25) is 0 Å². The van der Waals surface area contributed by atoms with Crippen LogP contribution in [0, 0.1) is 6.92 Å².